The second-order valence-electron chi connectivity index (χ2n) is 5.80. The molecule has 1 aliphatic heterocycles. The van der Waals surface area contributed by atoms with Crippen molar-refractivity contribution in [2.45, 2.75) is 25.9 Å². The maximum absolute atomic E-state index is 12.7. The third-order valence-corrected chi connectivity index (χ3v) is 4.21. The highest BCUT2D eigenvalue weighted by atomic mass is 16.5. The molecule has 1 atom stereocenters. The molecule has 1 N–H and O–H groups in total. The molecular formula is C18H22N4O3. The molecule has 0 radical (unpaired) electrons. The number of esters is 1. The monoisotopic (exact) mass is 342 g/mol. The van der Waals surface area contributed by atoms with Crippen molar-refractivity contribution < 1.29 is 14.3 Å². The van der Waals surface area contributed by atoms with E-state index in [1.165, 1.54) is 0 Å². The van der Waals surface area contributed by atoms with Gasteiger partial charge in [0.25, 0.3) is 0 Å². The Morgan fingerprint density at radius 2 is 2.20 bits per heavy atom. The summed E-state index contributed by atoms with van der Waals surface area (Å²) < 4.78 is 7.03. The molecule has 1 aliphatic rings. The predicted octanol–water partition coefficient (Wildman–Crippen LogP) is 1.95. The van der Waals surface area contributed by atoms with E-state index in [2.05, 4.69) is 14.9 Å². The van der Waals surface area contributed by atoms with Crippen LogP contribution in [0.1, 0.15) is 30.6 Å². The van der Waals surface area contributed by atoms with Crippen LogP contribution >= 0.6 is 0 Å². The van der Waals surface area contributed by atoms with Crippen LogP contribution in [0.25, 0.3) is 0 Å². The lowest BCUT2D eigenvalue weighted by molar-refractivity contribution is -0.142. The minimum absolute atomic E-state index is 0.168. The van der Waals surface area contributed by atoms with E-state index in [0.29, 0.717) is 13.2 Å². The molecule has 0 fully saturated rings. The van der Waals surface area contributed by atoms with Crippen LogP contribution in [-0.4, -0.2) is 46.1 Å². The molecule has 0 unspecified atom stereocenters. The van der Waals surface area contributed by atoms with Gasteiger partial charge in [-0.25, -0.2) is 4.79 Å². The molecule has 0 spiro atoms. The number of nitrogens with one attached hydrogen (secondary N) is 1. The Labute approximate surface area is 146 Å². The third-order valence-electron chi connectivity index (χ3n) is 4.21. The minimum Gasteiger partial charge on any atom is -0.466 e. The first-order chi connectivity index (χ1) is 12.2. The van der Waals surface area contributed by atoms with Crippen LogP contribution in [0, 0.1) is 0 Å². The molecule has 2 amide bonds. The number of amides is 2. The van der Waals surface area contributed by atoms with Crippen LogP contribution in [0.4, 0.5) is 4.79 Å². The molecule has 7 nitrogen and oxygen atoms in total. The fraction of sp³-hybridized carbons (Fsp3) is 0.389. The molecule has 0 aliphatic carbocycles. The van der Waals surface area contributed by atoms with Gasteiger partial charge in [-0.2, -0.15) is 0 Å². The van der Waals surface area contributed by atoms with Crippen molar-refractivity contribution in [3.8, 4) is 0 Å². The quantitative estimate of drug-likeness (QED) is 0.843. The van der Waals surface area contributed by atoms with Crippen LogP contribution in [-0.2, 0) is 16.1 Å². The number of hydrogen-bond acceptors (Lipinski definition) is 4. The largest absolute Gasteiger partial charge is 0.466 e. The Balaban J connectivity index is 1.73. The van der Waals surface area contributed by atoms with E-state index in [1.807, 2.05) is 30.5 Å². The Kier molecular flexibility index (Phi) is 5.33. The zero-order valence-corrected chi connectivity index (χ0v) is 14.2. The van der Waals surface area contributed by atoms with E-state index in [-0.39, 0.29) is 31.0 Å². The summed E-state index contributed by atoms with van der Waals surface area (Å²) in [5, 5.41) is 2.82. The number of aromatic nitrogens is 2. The fourth-order valence-corrected chi connectivity index (χ4v) is 3.10. The second kappa shape index (κ2) is 7.83. The van der Waals surface area contributed by atoms with Gasteiger partial charge >= 0.3 is 12.0 Å². The lowest BCUT2D eigenvalue weighted by Crippen LogP contribution is -2.47. The van der Waals surface area contributed by atoms with Gasteiger partial charge in [-0.1, -0.05) is 6.07 Å². The number of ether oxygens (including phenoxy) is 1. The first kappa shape index (κ1) is 17.0. The van der Waals surface area contributed by atoms with E-state index in [9.17, 15) is 9.59 Å². The average molecular weight is 342 g/mol. The van der Waals surface area contributed by atoms with Gasteiger partial charge < -0.3 is 19.5 Å². The van der Waals surface area contributed by atoms with Crippen LogP contribution in [0.15, 0.2) is 42.9 Å². The molecular weight excluding hydrogens is 320 g/mol. The molecule has 3 rings (SSSR count). The summed E-state index contributed by atoms with van der Waals surface area (Å²) in [5.74, 6) is -0.306. The molecule has 132 valence electrons. The highest BCUT2D eigenvalue weighted by molar-refractivity contribution is 5.76. The molecule has 7 heteroatoms. The van der Waals surface area contributed by atoms with Crippen molar-refractivity contribution >= 4 is 12.0 Å². The molecule has 0 saturated carbocycles. The first-order valence-electron chi connectivity index (χ1n) is 8.45. The van der Waals surface area contributed by atoms with E-state index in [0.717, 1.165) is 17.8 Å². The van der Waals surface area contributed by atoms with Gasteiger partial charge in [0, 0.05) is 43.9 Å². The number of rotatable bonds is 5. The summed E-state index contributed by atoms with van der Waals surface area (Å²) in [6, 6.07) is 7.47. The summed E-state index contributed by atoms with van der Waals surface area (Å²) in [7, 11) is 0. The van der Waals surface area contributed by atoms with Gasteiger partial charge in [-0.15, -0.1) is 0 Å². The molecule has 2 aromatic heterocycles. The topological polar surface area (TPSA) is 76.5 Å². The lowest BCUT2D eigenvalue weighted by Gasteiger charge is -2.37. The van der Waals surface area contributed by atoms with Crippen molar-refractivity contribution in [3.63, 3.8) is 0 Å². The van der Waals surface area contributed by atoms with Crippen LogP contribution in [0.3, 0.4) is 0 Å². The van der Waals surface area contributed by atoms with Gasteiger partial charge in [-0.05, 0) is 30.7 Å². The minimum atomic E-state index is -0.306. The number of nitrogens with zero attached hydrogens (tertiary/aromatic N) is 3. The smallest absolute Gasteiger partial charge is 0.318 e. The maximum atomic E-state index is 12.7. The Bertz CT molecular complexity index is 729. The van der Waals surface area contributed by atoms with Crippen LogP contribution < -0.4 is 5.32 Å². The van der Waals surface area contributed by atoms with E-state index < -0.39 is 0 Å². The van der Waals surface area contributed by atoms with Crippen molar-refractivity contribution in [2.24, 2.45) is 0 Å². The number of urea groups is 1. The molecule has 2 aromatic rings. The summed E-state index contributed by atoms with van der Waals surface area (Å²) >= 11 is 0. The predicted molar refractivity (Wildman–Crippen MR) is 91.9 cm³/mol. The molecule has 0 saturated heterocycles. The van der Waals surface area contributed by atoms with Crippen molar-refractivity contribution in [1.29, 1.82) is 0 Å². The summed E-state index contributed by atoms with van der Waals surface area (Å²) in [6.07, 6.45) is 5.69. The van der Waals surface area contributed by atoms with Crippen LogP contribution in [0.2, 0.25) is 0 Å². The zero-order chi connectivity index (χ0) is 17.6. The Hall–Kier alpha value is -2.83. The van der Waals surface area contributed by atoms with E-state index in [4.69, 9.17) is 4.74 Å². The van der Waals surface area contributed by atoms with Gasteiger partial charge in [0.05, 0.1) is 13.0 Å². The number of carbonyl (C=O) groups is 2. The molecule has 25 heavy (non-hydrogen) atoms. The zero-order valence-electron chi connectivity index (χ0n) is 14.2. The molecule has 3 heterocycles. The normalized spacial score (nSPS) is 16.2. The summed E-state index contributed by atoms with van der Waals surface area (Å²) in [4.78, 5) is 30.1. The summed E-state index contributed by atoms with van der Waals surface area (Å²) in [6.45, 7) is 3.70. The average Bonchev–Trinajstić information content (AvgIpc) is 3.10. The van der Waals surface area contributed by atoms with E-state index in [1.54, 1.807) is 24.2 Å². The van der Waals surface area contributed by atoms with Gasteiger partial charge in [0.2, 0.25) is 0 Å². The SMILES string of the molecule is CCOC(=O)CCNC(=O)N1CCn2cccc2[C@H]1c1cccnc1. The standard InChI is InChI=1S/C18H22N4O3/c1-2-25-16(23)7-9-20-18(24)22-12-11-21-10-4-6-15(21)17(22)14-5-3-8-19-13-14/h3-6,8,10,13,17H,2,7,9,11-12H2,1H3,(H,20,24)/t17-/m1/s1. The van der Waals surface area contributed by atoms with Crippen molar-refractivity contribution in [1.82, 2.24) is 19.8 Å². The van der Waals surface area contributed by atoms with E-state index >= 15 is 0 Å². The van der Waals surface area contributed by atoms with Crippen molar-refractivity contribution in [2.75, 3.05) is 19.7 Å². The Morgan fingerprint density at radius 1 is 1.32 bits per heavy atom. The lowest BCUT2D eigenvalue weighted by atomic mass is 10.0. The van der Waals surface area contributed by atoms with Crippen LogP contribution in [0.5, 0.6) is 0 Å². The number of fused-ring (bicyclic) bond motifs is 1. The van der Waals surface area contributed by atoms with Crippen molar-refractivity contribution in [3.05, 3.63) is 54.1 Å². The highest BCUT2D eigenvalue weighted by Crippen LogP contribution is 2.31. The number of pyridine rings is 1. The number of hydrogen-bond donors (Lipinski definition) is 1. The molecule has 0 bridgehead atoms. The van der Waals surface area contributed by atoms with Gasteiger partial charge in [-0.3, -0.25) is 9.78 Å². The Morgan fingerprint density at radius 3 is 2.96 bits per heavy atom. The number of carbonyl (C=O) groups excluding carboxylic acids is 2. The van der Waals surface area contributed by atoms with Gasteiger partial charge in [0.15, 0.2) is 0 Å². The summed E-state index contributed by atoms with van der Waals surface area (Å²) in [5.41, 5.74) is 2.02. The second-order valence-corrected chi connectivity index (χ2v) is 5.80. The highest BCUT2D eigenvalue weighted by Gasteiger charge is 2.32. The first-order valence-corrected chi connectivity index (χ1v) is 8.45. The van der Waals surface area contributed by atoms with Gasteiger partial charge in [0.1, 0.15) is 6.04 Å². The maximum Gasteiger partial charge on any atom is 0.318 e. The third kappa shape index (κ3) is 3.81. The fourth-order valence-electron chi connectivity index (χ4n) is 3.10. The molecule has 0 aromatic carbocycles.